The number of aromatic nitrogens is 2. The molecular formula is C12H13ClN2OS. The quantitative estimate of drug-likeness (QED) is 0.787. The molecule has 2 aromatic rings. The van der Waals surface area contributed by atoms with Crippen LogP contribution in [-0.4, -0.2) is 9.97 Å². The van der Waals surface area contributed by atoms with Gasteiger partial charge in [-0.3, -0.25) is 0 Å². The van der Waals surface area contributed by atoms with Crippen molar-refractivity contribution in [2.45, 2.75) is 37.1 Å². The van der Waals surface area contributed by atoms with Crippen molar-refractivity contribution in [3.8, 4) is 0 Å². The number of hydrogen-bond acceptors (Lipinski definition) is 4. The molecule has 3 nitrogen and oxygen atoms in total. The van der Waals surface area contributed by atoms with Crippen molar-refractivity contribution in [1.82, 2.24) is 9.97 Å². The van der Waals surface area contributed by atoms with Gasteiger partial charge in [0.25, 0.3) is 0 Å². The van der Waals surface area contributed by atoms with E-state index in [1.807, 2.05) is 26.8 Å². The van der Waals surface area contributed by atoms with Crippen molar-refractivity contribution in [3.05, 3.63) is 34.6 Å². The van der Waals surface area contributed by atoms with Crippen LogP contribution in [0.5, 0.6) is 0 Å². The van der Waals surface area contributed by atoms with Gasteiger partial charge in [-0.15, -0.1) is 0 Å². The molecule has 5 heteroatoms. The Labute approximate surface area is 110 Å². The van der Waals surface area contributed by atoms with Crippen LogP contribution in [0.3, 0.4) is 0 Å². The molecule has 0 bridgehead atoms. The maximum atomic E-state index is 6.09. The van der Waals surface area contributed by atoms with Crippen LogP contribution in [0, 0.1) is 13.8 Å². The van der Waals surface area contributed by atoms with Crippen LogP contribution >= 0.6 is 23.4 Å². The van der Waals surface area contributed by atoms with Gasteiger partial charge in [0, 0.05) is 12.0 Å². The van der Waals surface area contributed by atoms with E-state index in [0.29, 0.717) is 5.15 Å². The van der Waals surface area contributed by atoms with Crippen molar-refractivity contribution in [2.24, 2.45) is 0 Å². The van der Waals surface area contributed by atoms with Gasteiger partial charge in [0.1, 0.15) is 21.8 Å². The third kappa shape index (κ3) is 2.64. The molecule has 0 atom stereocenters. The Bertz CT molecular complexity index is 539. The minimum atomic E-state index is 0.528. The van der Waals surface area contributed by atoms with E-state index in [1.165, 1.54) is 0 Å². The monoisotopic (exact) mass is 268 g/mol. The van der Waals surface area contributed by atoms with Gasteiger partial charge < -0.3 is 4.42 Å². The maximum Gasteiger partial charge on any atom is 0.136 e. The minimum absolute atomic E-state index is 0.528. The predicted octanol–water partition coefficient (Wildman–Crippen LogP) is 4.05. The van der Waals surface area contributed by atoms with E-state index < -0.39 is 0 Å². The second kappa shape index (κ2) is 5.10. The first kappa shape index (κ1) is 12.5. The summed E-state index contributed by atoms with van der Waals surface area (Å²) in [4.78, 5) is 9.77. The number of furan rings is 1. The van der Waals surface area contributed by atoms with Gasteiger partial charge in [-0.2, -0.15) is 0 Å². The highest BCUT2D eigenvalue weighted by atomic mass is 35.5. The molecular weight excluding hydrogens is 256 g/mol. The molecule has 0 saturated carbocycles. The number of nitrogens with zero attached hydrogens (tertiary/aromatic N) is 2. The molecule has 0 fully saturated rings. The van der Waals surface area contributed by atoms with Crippen LogP contribution in [0.2, 0.25) is 5.15 Å². The zero-order chi connectivity index (χ0) is 12.4. The van der Waals surface area contributed by atoms with Gasteiger partial charge in [0.05, 0.1) is 11.2 Å². The number of hydrogen-bond donors (Lipinski definition) is 0. The average Bonchev–Trinajstić information content (AvgIpc) is 2.70. The molecule has 0 spiro atoms. The molecule has 0 saturated heterocycles. The third-order valence-corrected chi connectivity index (χ3v) is 4.02. The molecule has 0 aromatic carbocycles. The summed E-state index contributed by atoms with van der Waals surface area (Å²) in [6.45, 7) is 5.87. The Morgan fingerprint density at radius 3 is 2.71 bits per heavy atom. The lowest BCUT2D eigenvalue weighted by molar-refractivity contribution is 0.527. The zero-order valence-corrected chi connectivity index (χ0v) is 11.5. The highest BCUT2D eigenvalue weighted by Gasteiger charge is 2.12. The molecule has 0 N–H and O–H groups in total. The first-order valence-electron chi connectivity index (χ1n) is 5.36. The molecule has 2 rings (SSSR count). The minimum Gasteiger partial charge on any atom is -0.468 e. The van der Waals surface area contributed by atoms with Gasteiger partial charge in [0.2, 0.25) is 0 Å². The number of aryl methyl sites for hydroxylation is 2. The molecule has 2 aromatic heterocycles. The topological polar surface area (TPSA) is 38.9 Å². The summed E-state index contributed by atoms with van der Waals surface area (Å²) >= 11 is 7.65. The summed E-state index contributed by atoms with van der Waals surface area (Å²) in [5, 5.41) is 1.42. The second-order valence-electron chi connectivity index (χ2n) is 3.66. The fourth-order valence-corrected chi connectivity index (χ4v) is 2.52. The maximum absolute atomic E-state index is 6.09. The third-order valence-electron chi connectivity index (χ3n) is 2.42. The van der Waals surface area contributed by atoms with E-state index in [2.05, 4.69) is 9.97 Å². The number of halogens is 1. The van der Waals surface area contributed by atoms with Crippen LogP contribution < -0.4 is 0 Å². The van der Waals surface area contributed by atoms with Gasteiger partial charge in [-0.05, 0) is 19.9 Å². The van der Waals surface area contributed by atoms with Crippen LogP contribution in [0.1, 0.15) is 24.1 Å². The van der Waals surface area contributed by atoms with E-state index in [-0.39, 0.29) is 0 Å². The smallest absolute Gasteiger partial charge is 0.136 e. The van der Waals surface area contributed by atoms with Crippen molar-refractivity contribution in [3.63, 3.8) is 0 Å². The molecule has 0 aliphatic rings. The molecule has 0 amide bonds. The van der Waals surface area contributed by atoms with Crippen LogP contribution in [-0.2, 0) is 6.42 Å². The summed E-state index contributed by atoms with van der Waals surface area (Å²) in [7, 11) is 0. The molecule has 0 aliphatic carbocycles. The highest BCUT2D eigenvalue weighted by molar-refractivity contribution is 7.99. The number of rotatable bonds is 3. The predicted molar refractivity (Wildman–Crippen MR) is 68.7 cm³/mol. The van der Waals surface area contributed by atoms with Crippen LogP contribution in [0.15, 0.2) is 26.7 Å². The van der Waals surface area contributed by atoms with Gasteiger partial charge in [-0.25, -0.2) is 9.97 Å². The Balaban J connectivity index is 2.38. The lowest BCUT2D eigenvalue weighted by Gasteiger charge is -2.07. The highest BCUT2D eigenvalue weighted by Crippen LogP contribution is 2.33. The lowest BCUT2D eigenvalue weighted by Crippen LogP contribution is -1.98. The fraction of sp³-hybridized carbons (Fsp3) is 0.333. The van der Waals surface area contributed by atoms with Crippen LogP contribution in [0.25, 0.3) is 0 Å². The summed E-state index contributed by atoms with van der Waals surface area (Å²) < 4.78 is 5.27. The second-order valence-corrected chi connectivity index (χ2v) is 5.05. The van der Waals surface area contributed by atoms with Crippen molar-refractivity contribution in [2.75, 3.05) is 0 Å². The van der Waals surface area contributed by atoms with Gasteiger partial charge in [-0.1, -0.05) is 30.3 Å². The van der Waals surface area contributed by atoms with E-state index in [4.69, 9.17) is 16.0 Å². The normalized spacial score (nSPS) is 10.8. The Hall–Kier alpha value is -1.00. The van der Waals surface area contributed by atoms with Gasteiger partial charge >= 0.3 is 0 Å². The fourth-order valence-electron chi connectivity index (χ4n) is 1.35. The Morgan fingerprint density at radius 1 is 1.35 bits per heavy atom. The van der Waals surface area contributed by atoms with E-state index in [0.717, 1.165) is 33.5 Å². The molecule has 2 heterocycles. The van der Waals surface area contributed by atoms with E-state index >= 15 is 0 Å². The Kier molecular flexibility index (Phi) is 3.74. The van der Waals surface area contributed by atoms with E-state index in [1.54, 1.807) is 18.0 Å². The molecule has 90 valence electrons. The standard InChI is InChI=1S/C12H13ClN2OS/c1-4-10-14-11(13)7(2)12(15-10)17-9-5-6-16-8(9)3/h5-6H,4H2,1-3H3. The lowest BCUT2D eigenvalue weighted by atomic mass is 10.3. The summed E-state index contributed by atoms with van der Waals surface area (Å²) in [5.74, 6) is 1.66. The molecule has 17 heavy (non-hydrogen) atoms. The first-order chi connectivity index (χ1) is 8.11. The zero-order valence-electron chi connectivity index (χ0n) is 9.95. The molecule has 0 unspecified atom stereocenters. The molecule has 0 radical (unpaired) electrons. The van der Waals surface area contributed by atoms with Crippen molar-refractivity contribution >= 4 is 23.4 Å². The molecule has 0 aliphatic heterocycles. The summed E-state index contributed by atoms with van der Waals surface area (Å²) in [6.07, 6.45) is 2.45. The Morgan fingerprint density at radius 2 is 2.12 bits per heavy atom. The van der Waals surface area contributed by atoms with Crippen molar-refractivity contribution < 1.29 is 4.42 Å². The van der Waals surface area contributed by atoms with Crippen LogP contribution in [0.4, 0.5) is 0 Å². The first-order valence-corrected chi connectivity index (χ1v) is 6.56. The SMILES string of the molecule is CCc1nc(Cl)c(C)c(Sc2ccoc2C)n1. The summed E-state index contributed by atoms with van der Waals surface area (Å²) in [5.41, 5.74) is 0.912. The van der Waals surface area contributed by atoms with Gasteiger partial charge in [0.15, 0.2) is 0 Å². The van der Waals surface area contributed by atoms with Crippen molar-refractivity contribution in [1.29, 1.82) is 0 Å². The summed E-state index contributed by atoms with van der Waals surface area (Å²) in [6, 6.07) is 1.93. The van der Waals surface area contributed by atoms with E-state index in [9.17, 15) is 0 Å². The average molecular weight is 269 g/mol. The largest absolute Gasteiger partial charge is 0.468 e.